The SMILES string of the molecule is CC\C=C/C=C/C=C/C=C\C=C\C=C\CCCCCC(=O)OC(CCCCC/C=C\CCC)CC(=O)NC(CO)C(O)CCCCCCCCCCCCC. The second kappa shape index (κ2) is 42.2. The van der Waals surface area contributed by atoms with Crippen molar-refractivity contribution in [2.45, 2.75) is 206 Å². The summed E-state index contributed by atoms with van der Waals surface area (Å²) < 4.78 is 5.85. The summed E-state index contributed by atoms with van der Waals surface area (Å²) in [6.45, 7) is 6.22. The first-order chi connectivity index (χ1) is 27.0. The van der Waals surface area contributed by atoms with Crippen LogP contribution in [0.3, 0.4) is 0 Å². The predicted molar refractivity (Wildman–Crippen MR) is 236 cm³/mol. The molecule has 0 aliphatic heterocycles. The van der Waals surface area contributed by atoms with E-state index in [1.54, 1.807) is 0 Å². The topological polar surface area (TPSA) is 95.9 Å². The zero-order valence-electron chi connectivity index (χ0n) is 35.5. The Morgan fingerprint density at radius 1 is 0.545 bits per heavy atom. The molecule has 3 unspecified atom stereocenters. The number of hydrogen-bond donors (Lipinski definition) is 3. The van der Waals surface area contributed by atoms with Crippen molar-refractivity contribution in [3.05, 3.63) is 85.1 Å². The van der Waals surface area contributed by atoms with Gasteiger partial charge in [0.05, 0.1) is 25.2 Å². The molecule has 0 bridgehead atoms. The second-order valence-electron chi connectivity index (χ2n) is 14.9. The Balaban J connectivity index is 4.62. The number of carbonyl (C=O) groups is 2. The highest BCUT2D eigenvalue weighted by atomic mass is 16.5. The maximum absolute atomic E-state index is 13.1. The molecule has 0 aliphatic carbocycles. The normalized spacial score (nSPS) is 14.2. The molecule has 0 fully saturated rings. The van der Waals surface area contributed by atoms with Gasteiger partial charge in [0, 0.05) is 6.42 Å². The van der Waals surface area contributed by atoms with Crippen molar-refractivity contribution >= 4 is 11.9 Å². The largest absolute Gasteiger partial charge is 0.462 e. The van der Waals surface area contributed by atoms with E-state index < -0.39 is 18.2 Å². The molecule has 0 saturated carbocycles. The van der Waals surface area contributed by atoms with E-state index in [4.69, 9.17) is 4.74 Å². The number of unbranched alkanes of at least 4 members (excludes halogenated alkanes) is 17. The third-order valence-electron chi connectivity index (χ3n) is 9.60. The Bertz CT molecular complexity index is 1080. The number of rotatable bonds is 38. The lowest BCUT2D eigenvalue weighted by Gasteiger charge is -2.24. The van der Waals surface area contributed by atoms with E-state index in [1.165, 1.54) is 51.4 Å². The molecule has 0 radical (unpaired) electrons. The number of carbonyl (C=O) groups excluding carboxylic acids is 2. The third kappa shape index (κ3) is 37.7. The second-order valence-corrected chi connectivity index (χ2v) is 14.9. The number of amides is 1. The van der Waals surface area contributed by atoms with Gasteiger partial charge >= 0.3 is 5.97 Å². The minimum absolute atomic E-state index is 0.0429. The molecule has 3 atom stereocenters. The minimum atomic E-state index is -0.801. The van der Waals surface area contributed by atoms with Gasteiger partial charge in [-0.2, -0.15) is 0 Å². The summed E-state index contributed by atoms with van der Waals surface area (Å²) in [6.07, 6.45) is 53.6. The van der Waals surface area contributed by atoms with Crippen LogP contribution in [0, 0.1) is 0 Å². The molecule has 55 heavy (non-hydrogen) atoms. The van der Waals surface area contributed by atoms with Gasteiger partial charge in [0.15, 0.2) is 0 Å². The summed E-state index contributed by atoms with van der Waals surface area (Å²) in [6, 6.07) is -0.717. The number of hydrogen-bond acceptors (Lipinski definition) is 5. The number of allylic oxidation sites excluding steroid dienone is 14. The van der Waals surface area contributed by atoms with E-state index in [2.05, 4.69) is 50.4 Å². The molecule has 0 spiro atoms. The van der Waals surface area contributed by atoms with Crippen LogP contribution in [0.25, 0.3) is 0 Å². The number of ether oxygens (including phenoxy) is 1. The van der Waals surface area contributed by atoms with E-state index >= 15 is 0 Å². The average molecular weight is 766 g/mol. The molecule has 314 valence electrons. The summed E-state index contributed by atoms with van der Waals surface area (Å²) >= 11 is 0. The fraction of sp³-hybridized carbons (Fsp3) is 0.673. The maximum atomic E-state index is 13.1. The van der Waals surface area contributed by atoms with Crippen LogP contribution in [0.5, 0.6) is 0 Å². The highest BCUT2D eigenvalue weighted by molar-refractivity contribution is 5.77. The Morgan fingerprint density at radius 2 is 1.04 bits per heavy atom. The first kappa shape index (κ1) is 52.0. The molecule has 6 nitrogen and oxygen atoms in total. The lowest BCUT2D eigenvalue weighted by molar-refractivity contribution is -0.151. The lowest BCUT2D eigenvalue weighted by atomic mass is 10.0. The molecule has 0 aromatic heterocycles. The van der Waals surface area contributed by atoms with Gasteiger partial charge in [-0.1, -0.05) is 196 Å². The van der Waals surface area contributed by atoms with Crippen LogP contribution in [0.2, 0.25) is 0 Å². The van der Waals surface area contributed by atoms with Crippen molar-refractivity contribution < 1.29 is 24.5 Å². The van der Waals surface area contributed by atoms with E-state index in [0.29, 0.717) is 19.3 Å². The molecule has 1 amide bonds. The lowest BCUT2D eigenvalue weighted by Crippen LogP contribution is -2.46. The summed E-state index contributed by atoms with van der Waals surface area (Å²) in [7, 11) is 0. The first-order valence-electron chi connectivity index (χ1n) is 22.4. The molecule has 6 heteroatoms. The standard InChI is InChI=1S/C49H83NO5/c1-4-7-10-13-16-19-21-22-23-24-25-26-28-30-33-36-39-42-49(54)55-45(40-37-34-31-18-15-12-9-6-3)43-48(53)50-46(44-51)47(52)41-38-35-32-29-27-20-17-14-11-8-5-2/h7,10,12-13,15-16,19,21-26,28,45-47,51-52H,4-6,8-9,11,14,17-18,20,27,29-44H2,1-3H3,(H,50,53)/b10-7-,15-12-,16-13+,21-19+,23-22-,25-24+,28-26+. The Labute approximate surface area is 338 Å². The first-order valence-corrected chi connectivity index (χ1v) is 22.4. The number of esters is 1. The zero-order chi connectivity index (χ0) is 40.3. The van der Waals surface area contributed by atoms with Crippen LogP contribution in [0.15, 0.2) is 85.1 Å². The quantitative estimate of drug-likeness (QED) is 0.0252. The molecule has 3 N–H and O–H groups in total. The van der Waals surface area contributed by atoms with E-state index in [9.17, 15) is 19.8 Å². The van der Waals surface area contributed by atoms with Gasteiger partial charge in [-0.15, -0.1) is 0 Å². The average Bonchev–Trinajstić information content (AvgIpc) is 3.18. The Morgan fingerprint density at radius 3 is 1.62 bits per heavy atom. The maximum Gasteiger partial charge on any atom is 0.306 e. The van der Waals surface area contributed by atoms with Crippen LogP contribution in [0.4, 0.5) is 0 Å². The molecule has 0 aliphatic rings. The highest BCUT2D eigenvalue weighted by Gasteiger charge is 2.24. The van der Waals surface area contributed by atoms with Crippen molar-refractivity contribution in [1.82, 2.24) is 5.32 Å². The van der Waals surface area contributed by atoms with Crippen molar-refractivity contribution in [2.24, 2.45) is 0 Å². The summed E-state index contributed by atoms with van der Waals surface area (Å²) in [5, 5.41) is 23.6. The van der Waals surface area contributed by atoms with Crippen molar-refractivity contribution in [3.8, 4) is 0 Å². The molecule has 0 saturated heterocycles. The van der Waals surface area contributed by atoms with Crippen molar-refractivity contribution in [3.63, 3.8) is 0 Å². The molecule has 0 aromatic rings. The monoisotopic (exact) mass is 766 g/mol. The number of aliphatic hydroxyl groups excluding tert-OH is 2. The molecular formula is C49H83NO5. The van der Waals surface area contributed by atoms with Gasteiger partial charge < -0.3 is 20.3 Å². The van der Waals surface area contributed by atoms with Gasteiger partial charge in [-0.3, -0.25) is 9.59 Å². The zero-order valence-corrected chi connectivity index (χ0v) is 35.5. The van der Waals surface area contributed by atoms with Crippen molar-refractivity contribution in [1.29, 1.82) is 0 Å². The molecule has 0 rings (SSSR count). The fourth-order valence-electron chi connectivity index (χ4n) is 6.23. The smallest absolute Gasteiger partial charge is 0.306 e. The minimum Gasteiger partial charge on any atom is -0.462 e. The summed E-state index contributed by atoms with van der Waals surface area (Å²) in [4.78, 5) is 25.9. The summed E-state index contributed by atoms with van der Waals surface area (Å²) in [5.41, 5.74) is 0. The van der Waals surface area contributed by atoms with Crippen LogP contribution >= 0.6 is 0 Å². The number of nitrogens with one attached hydrogen (secondary N) is 1. The third-order valence-corrected chi connectivity index (χ3v) is 9.60. The van der Waals surface area contributed by atoms with Crippen LogP contribution < -0.4 is 5.32 Å². The fourth-order valence-corrected chi connectivity index (χ4v) is 6.23. The van der Waals surface area contributed by atoms with Gasteiger partial charge in [0.1, 0.15) is 6.10 Å². The predicted octanol–water partition coefficient (Wildman–Crippen LogP) is 12.8. The Kier molecular flexibility index (Phi) is 39.9. The van der Waals surface area contributed by atoms with Crippen LogP contribution in [-0.2, 0) is 14.3 Å². The Hall–Kier alpha value is -2.96. The van der Waals surface area contributed by atoms with Crippen LogP contribution in [-0.4, -0.2) is 46.9 Å². The van der Waals surface area contributed by atoms with E-state index in [1.807, 2.05) is 60.8 Å². The molecule has 0 aromatic carbocycles. The van der Waals surface area contributed by atoms with Gasteiger partial charge in [-0.25, -0.2) is 0 Å². The van der Waals surface area contributed by atoms with Gasteiger partial charge in [-0.05, 0) is 64.2 Å². The molecular weight excluding hydrogens is 683 g/mol. The van der Waals surface area contributed by atoms with E-state index in [0.717, 1.165) is 89.9 Å². The number of aliphatic hydroxyl groups is 2. The van der Waals surface area contributed by atoms with Crippen molar-refractivity contribution in [2.75, 3.05) is 6.61 Å². The van der Waals surface area contributed by atoms with Gasteiger partial charge in [0.25, 0.3) is 0 Å². The van der Waals surface area contributed by atoms with Gasteiger partial charge in [0.2, 0.25) is 5.91 Å². The molecule has 0 heterocycles. The highest BCUT2D eigenvalue weighted by Crippen LogP contribution is 2.16. The summed E-state index contributed by atoms with van der Waals surface area (Å²) in [5.74, 6) is -0.555. The van der Waals surface area contributed by atoms with Crippen LogP contribution in [0.1, 0.15) is 188 Å². The van der Waals surface area contributed by atoms with E-state index in [-0.39, 0.29) is 24.9 Å².